The number of pyridine rings is 2. The van der Waals surface area contributed by atoms with Crippen molar-refractivity contribution in [3.63, 3.8) is 0 Å². The Morgan fingerprint density at radius 1 is 0.968 bits per heavy atom. The number of aromatic carboxylic acids is 1. The first-order valence-electron chi connectivity index (χ1n) is 9.94. The fourth-order valence-corrected chi connectivity index (χ4v) is 3.28. The summed E-state index contributed by atoms with van der Waals surface area (Å²) in [6.45, 7) is 8.41. The molecule has 7 nitrogen and oxygen atoms in total. The van der Waals surface area contributed by atoms with Crippen LogP contribution in [0.25, 0.3) is 22.4 Å². The van der Waals surface area contributed by atoms with Gasteiger partial charge in [-0.25, -0.2) is 19.7 Å². The van der Waals surface area contributed by atoms with Crippen molar-refractivity contribution in [2.24, 2.45) is 0 Å². The monoisotopic (exact) mass is 413 g/mol. The van der Waals surface area contributed by atoms with Gasteiger partial charge in [-0.1, -0.05) is 39.0 Å². The van der Waals surface area contributed by atoms with E-state index in [1.165, 1.54) is 5.56 Å². The van der Waals surface area contributed by atoms with E-state index in [2.05, 4.69) is 46.0 Å². The standard InChI is InChI=1S/C24H23N5O2/c1-14-6-5-13-25-19(14)18-12-11-17-20(28-22(23(30)31)29-21(17)27-18)26-16-9-7-15(8-10-16)24(2,3)4/h5-13H,1-4H3,(H,30,31)(H,26,27,28,29). The van der Waals surface area contributed by atoms with Gasteiger partial charge < -0.3 is 10.4 Å². The summed E-state index contributed by atoms with van der Waals surface area (Å²) < 4.78 is 0. The second-order valence-corrected chi connectivity index (χ2v) is 8.39. The summed E-state index contributed by atoms with van der Waals surface area (Å²) in [5, 5.41) is 13.3. The lowest BCUT2D eigenvalue weighted by Crippen LogP contribution is -2.11. The number of nitrogens with one attached hydrogen (secondary N) is 1. The number of hydrogen-bond donors (Lipinski definition) is 2. The molecule has 0 saturated carbocycles. The van der Waals surface area contributed by atoms with Crippen molar-refractivity contribution in [1.29, 1.82) is 0 Å². The Kier molecular flexibility index (Phi) is 5.10. The van der Waals surface area contributed by atoms with Gasteiger partial charge in [-0.2, -0.15) is 0 Å². The average molecular weight is 413 g/mol. The molecule has 7 heteroatoms. The maximum absolute atomic E-state index is 11.6. The Bertz CT molecular complexity index is 1280. The topological polar surface area (TPSA) is 101 Å². The molecule has 0 amide bonds. The van der Waals surface area contributed by atoms with Crippen LogP contribution in [-0.2, 0) is 5.41 Å². The predicted molar refractivity (Wildman–Crippen MR) is 121 cm³/mol. The van der Waals surface area contributed by atoms with Crippen LogP contribution in [0.3, 0.4) is 0 Å². The molecule has 0 radical (unpaired) electrons. The van der Waals surface area contributed by atoms with Crippen molar-refractivity contribution in [3.05, 3.63) is 71.7 Å². The number of carboxylic acid groups (broad SMARTS) is 1. The van der Waals surface area contributed by atoms with Crippen LogP contribution in [0.2, 0.25) is 0 Å². The number of fused-ring (bicyclic) bond motifs is 1. The zero-order valence-electron chi connectivity index (χ0n) is 17.8. The summed E-state index contributed by atoms with van der Waals surface area (Å²) in [5.41, 5.74) is 4.67. The Balaban J connectivity index is 1.79. The second kappa shape index (κ2) is 7.75. The van der Waals surface area contributed by atoms with Gasteiger partial charge in [0.1, 0.15) is 5.82 Å². The zero-order chi connectivity index (χ0) is 22.2. The average Bonchev–Trinajstić information content (AvgIpc) is 2.73. The van der Waals surface area contributed by atoms with Crippen molar-refractivity contribution in [2.45, 2.75) is 33.1 Å². The minimum atomic E-state index is -1.21. The third kappa shape index (κ3) is 4.21. The molecule has 0 fully saturated rings. The maximum atomic E-state index is 11.6. The van der Waals surface area contributed by atoms with Gasteiger partial charge in [0.05, 0.1) is 16.8 Å². The normalized spacial score (nSPS) is 11.5. The fraction of sp³-hybridized carbons (Fsp3) is 0.208. The van der Waals surface area contributed by atoms with E-state index >= 15 is 0 Å². The molecule has 3 aromatic heterocycles. The maximum Gasteiger partial charge on any atom is 0.374 e. The molecule has 4 aromatic rings. The summed E-state index contributed by atoms with van der Waals surface area (Å²) in [6, 6.07) is 15.5. The third-order valence-electron chi connectivity index (χ3n) is 5.02. The number of aryl methyl sites for hydroxylation is 1. The molecule has 0 unspecified atom stereocenters. The molecule has 1 aromatic carbocycles. The number of anilines is 2. The molecule has 0 aliphatic rings. The molecule has 156 valence electrons. The number of rotatable bonds is 4. The number of carbonyl (C=O) groups is 1. The van der Waals surface area contributed by atoms with Gasteiger partial charge in [0, 0.05) is 11.9 Å². The van der Waals surface area contributed by atoms with Gasteiger partial charge in [0.15, 0.2) is 5.65 Å². The number of carboxylic acids is 1. The molecule has 0 atom stereocenters. The largest absolute Gasteiger partial charge is 0.475 e. The van der Waals surface area contributed by atoms with Crippen LogP contribution in [0.1, 0.15) is 42.5 Å². The number of aromatic nitrogens is 4. The lowest BCUT2D eigenvalue weighted by molar-refractivity contribution is 0.0684. The van der Waals surface area contributed by atoms with Crippen LogP contribution in [0, 0.1) is 6.92 Å². The molecule has 4 rings (SSSR count). The van der Waals surface area contributed by atoms with Crippen LogP contribution in [0.5, 0.6) is 0 Å². The molecule has 0 spiro atoms. The number of nitrogens with zero attached hydrogens (tertiary/aromatic N) is 4. The number of hydrogen-bond acceptors (Lipinski definition) is 6. The zero-order valence-corrected chi connectivity index (χ0v) is 17.8. The summed E-state index contributed by atoms with van der Waals surface area (Å²) in [4.78, 5) is 29.0. The predicted octanol–water partition coefficient (Wildman–Crippen LogP) is 5.13. The van der Waals surface area contributed by atoms with Crippen LogP contribution < -0.4 is 5.32 Å². The fourth-order valence-electron chi connectivity index (χ4n) is 3.28. The molecule has 2 N–H and O–H groups in total. The van der Waals surface area contributed by atoms with E-state index in [9.17, 15) is 9.90 Å². The van der Waals surface area contributed by atoms with Crippen molar-refractivity contribution < 1.29 is 9.90 Å². The summed E-state index contributed by atoms with van der Waals surface area (Å²) >= 11 is 0. The lowest BCUT2D eigenvalue weighted by atomic mass is 9.87. The quantitative estimate of drug-likeness (QED) is 0.478. The number of benzene rings is 1. The van der Waals surface area contributed by atoms with E-state index in [1.807, 2.05) is 55.5 Å². The van der Waals surface area contributed by atoms with Gasteiger partial charge in [-0.3, -0.25) is 4.98 Å². The van der Waals surface area contributed by atoms with E-state index in [0.29, 0.717) is 22.5 Å². The highest BCUT2D eigenvalue weighted by Gasteiger charge is 2.17. The highest BCUT2D eigenvalue weighted by Crippen LogP contribution is 2.28. The van der Waals surface area contributed by atoms with Gasteiger partial charge >= 0.3 is 5.97 Å². The van der Waals surface area contributed by atoms with Gasteiger partial charge in [0.2, 0.25) is 5.82 Å². The lowest BCUT2D eigenvalue weighted by Gasteiger charge is -2.19. The van der Waals surface area contributed by atoms with Crippen LogP contribution in [0.4, 0.5) is 11.5 Å². The molecule has 3 heterocycles. The van der Waals surface area contributed by atoms with E-state index in [0.717, 1.165) is 16.9 Å². The molecule has 0 saturated heterocycles. The Hall–Kier alpha value is -3.87. The van der Waals surface area contributed by atoms with Gasteiger partial charge in [-0.05, 0) is 53.8 Å². The van der Waals surface area contributed by atoms with E-state index in [-0.39, 0.29) is 11.2 Å². The summed E-state index contributed by atoms with van der Waals surface area (Å²) in [6.07, 6.45) is 1.70. The van der Waals surface area contributed by atoms with Crippen LogP contribution in [-0.4, -0.2) is 31.0 Å². The Morgan fingerprint density at radius 2 is 1.71 bits per heavy atom. The van der Waals surface area contributed by atoms with Crippen LogP contribution >= 0.6 is 0 Å². The summed E-state index contributed by atoms with van der Waals surface area (Å²) in [7, 11) is 0. The van der Waals surface area contributed by atoms with Crippen molar-refractivity contribution in [2.75, 3.05) is 5.32 Å². The van der Waals surface area contributed by atoms with E-state index in [1.54, 1.807) is 6.20 Å². The molecule has 0 bridgehead atoms. The van der Waals surface area contributed by atoms with Gasteiger partial charge in [0.25, 0.3) is 0 Å². The molecular weight excluding hydrogens is 390 g/mol. The van der Waals surface area contributed by atoms with Gasteiger partial charge in [-0.15, -0.1) is 0 Å². The Labute approximate surface area is 180 Å². The first-order chi connectivity index (χ1) is 14.7. The molecule has 31 heavy (non-hydrogen) atoms. The molecule has 0 aliphatic heterocycles. The van der Waals surface area contributed by atoms with Crippen molar-refractivity contribution in [3.8, 4) is 11.4 Å². The minimum Gasteiger partial charge on any atom is -0.475 e. The molecule has 0 aliphatic carbocycles. The minimum absolute atomic E-state index is 0.0422. The van der Waals surface area contributed by atoms with Crippen molar-refractivity contribution in [1.82, 2.24) is 19.9 Å². The first kappa shape index (κ1) is 20.4. The third-order valence-corrected chi connectivity index (χ3v) is 5.02. The van der Waals surface area contributed by atoms with E-state index in [4.69, 9.17) is 0 Å². The highest BCUT2D eigenvalue weighted by molar-refractivity contribution is 5.94. The Morgan fingerprint density at radius 3 is 2.35 bits per heavy atom. The highest BCUT2D eigenvalue weighted by atomic mass is 16.4. The van der Waals surface area contributed by atoms with E-state index < -0.39 is 5.97 Å². The smallest absolute Gasteiger partial charge is 0.374 e. The first-order valence-corrected chi connectivity index (χ1v) is 9.94. The summed E-state index contributed by atoms with van der Waals surface area (Å²) in [5.74, 6) is -1.14. The molecular formula is C24H23N5O2. The SMILES string of the molecule is Cc1cccnc1-c1ccc2c(Nc3ccc(C(C)(C)C)cc3)nc(C(=O)O)nc2n1. The van der Waals surface area contributed by atoms with Crippen molar-refractivity contribution >= 4 is 28.5 Å². The van der Waals surface area contributed by atoms with Crippen LogP contribution in [0.15, 0.2) is 54.7 Å². The second-order valence-electron chi connectivity index (χ2n) is 8.39.